The van der Waals surface area contributed by atoms with Gasteiger partial charge in [0.2, 0.25) is 0 Å². The van der Waals surface area contributed by atoms with Crippen LogP contribution in [0.4, 0.5) is 5.69 Å². The number of anilines is 1. The highest BCUT2D eigenvalue weighted by Crippen LogP contribution is 2.39. The van der Waals surface area contributed by atoms with Gasteiger partial charge in [-0.15, -0.1) is 0 Å². The van der Waals surface area contributed by atoms with Crippen molar-refractivity contribution in [2.75, 3.05) is 24.8 Å². The van der Waals surface area contributed by atoms with E-state index < -0.39 is 17.5 Å². The summed E-state index contributed by atoms with van der Waals surface area (Å²) in [4.78, 5) is 40.1. The van der Waals surface area contributed by atoms with Gasteiger partial charge in [0.25, 0.3) is 0 Å². The van der Waals surface area contributed by atoms with E-state index in [0.29, 0.717) is 41.5 Å². The monoisotopic (exact) mass is 657 g/mol. The summed E-state index contributed by atoms with van der Waals surface area (Å²) in [6.07, 6.45) is 4.83. The number of carboxylic acid groups (broad SMARTS) is 2. The summed E-state index contributed by atoms with van der Waals surface area (Å²) in [5, 5.41) is 38.3. The third kappa shape index (κ3) is 8.50. The Kier molecular flexibility index (Phi) is 12.4. The number of carboxylic acids is 2. The Morgan fingerprint density at radius 1 is 1.21 bits per heavy atom. The average molecular weight is 659 g/mol. The zero-order valence-electron chi connectivity index (χ0n) is 23.8. The molecule has 43 heavy (non-hydrogen) atoms. The molecule has 0 amide bonds. The number of aliphatic hydroxyl groups excluding tert-OH is 1. The van der Waals surface area contributed by atoms with Gasteiger partial charge in [0.05, 0.1) is 22.0 Å². The lowest BCUT2D eigenvalue weighted by molar-refractivity contribution is -0.142. The van der Waals surface area contributed by atoms with E-state index in [2.05, 4.69) is 10.3 Å². The first kappa shape index (κ1) is 34.4. The van der Waals surface area contributed by atoms with Crippen LogP contribution in [0.5, 0.6) is 0 Å². The third-order valence-corrected chi connectivity index (χ3v) is 8.22. The molecule has 2 unspecified atom stereocenters. The van der Waals surface area contributed by atoms with Crippen LogP contribution in [0, 0.1) is 11.8 Å². The van der Waals surface area contributed by atoms with Crippen molar-refractivity contribution < 1.29 is 39.3 Å². The van der Waals surface area contributed by atoms with Crippen molar-refractivity contribution >= 4 is 69.6 Å². The number of allylic oxidation sites excluding steroid dienone is 2. The number of halogens is 3. The van der Waals surface area contributed by atoms with Gasteiger partial charge in [0.15, 0.2) is 11.3 Å². The molecular formula is C29H34Cl3N3O8. The summed E-state index contributed by atoms with van der Waals surface area (Å²) in [5.74, 6) is -1.69. The number of carbonyl (C=O) groups is 3. The number of rotatable bonds is 9. The number of hydrogen-bond acceptors (Lipinski definition) is 9. The van der Waals surface area contributed by atoms with Crippen LogP contribution in [0.25, 0.3) is 0 Å². The number of carbonyl (C=O) groups excluding carboxylic acids is 1. The normalized spacial score (nSPS) is 23.2. The van der Waals surface area contributed by atoms with Crippen LogP contribution in [-0.2, 0) is 24.0 Å². The summed E-state index contributed by atoms with van der Waals surface area (Å²) >= 11 is 17.2. The van der Waals surface area contributed by atoms with E-state index >= 15 is 0 Å². The summed E-state index contributed by atoms with van der Waals surface area (Å²) < 4.78 is 5.38. The van der Waals surface area contributed by atoms with E-state index in [0.717, 1.165) is 31.1 Å². The fourth-order valence-electron chi connectivity index (χ4n) is 5.18. The molecule has 2 atom stereocenters. The number of hydrogen-bond donors (Lipinski definition) is 3. The van der Waals surface area contributed by atoms with Gasteiger partial charge in [0.1, 0.15) is 18.1 Å². The minimum Gasteiger partial charge on any atom is -0.511 e. The smallest absolute Gasteiger partial charge is 0.352 e. The molecule has 1 saturated heterocycles. The largest absolute Gasteiger partial charge is 0.511 e. The molecule has 1 aliphatic carbocycles. The highest BCUT2D eigenvalue weighted by molar-refractivity contribution is 6.38. The minimum atomic E-state index is -1.51. The number of nitrogens with zero attached hydrogens (tertiary/aromatic N) is 3. The molecule has 4 rings (SSSR count). The first-order valence-corrected chi connectivity index (χ1v) is 14.9. The molecule has 3 N–H and O–H groups in total. The molecule has 0 aromatic heterocycles. The molecule has 0 spiro atoms. The number of aliphatic carboxylic acids is 2. The summed E-state index contributed by atoms with van der Waals surface area (Å²) in [5.41, 5.74) is 0.734. The lowest BCUT2D eigenvalue weighted by atomic mass is 9.75. The molecule has 1 fully saturated rings. The molecule has 0 saturated carbocycles. The highest BCUT2D eigenvalue weighted by atomic mass is 35.5. The summed E-state index contributed by atoms with van der Waals surface area (Å²) in [6, 6.07) is 4.47. The van der Waals surface area contributed by atoms with Crippen LogP contribution in [0.15, 0.2) is 51.4 Å². The number of ketones is 1. The second kappa shape index (κ2) is 15.6. The SMILES string of the molecule is CC/C(=N\OC/C=C/Cl)C1=C(O)CC(C2CCOCC2)CC1=O.CC1(C(=O)O)CC(C(=O)O)=NN1c1ccc(Cl)cc1Cl. The van der Waals surface area contributed by atoms with Gasteiger partial charge < -0.3 is 24.9 Å². The maximum atomic E-state index is 12.5. The van der Waals surface area contributed by atoms with E-state index in [1.54, 1.807) is 6.08 Å². The first-order valence-electron chi connectivity index (χ1n) is 13.7. The van der Waals surface area contributed by atoms with Crippen LogP contribution in [0.3, 0.4) is 0 Å². The third-order valence-electron chi connectivity index (χ3n) is 7.51. The molecular weight excluding hydrogens is 625 g/mol. The van der Waals surface area contributed by atoms with Gasteiger partial charge >= 0.3 is 11.9 Å². The molecule has 0 radical (unpaired) electrons. The van der Waals surface area contributed by atoms with Gasteiger partial charge in [-0.1, -0.05) is 46.9 Å². The first-order chi connectivity index (χ1) is 20.4. The Morgan fingerprint density at radius 3 is 2.47 bits per heavy atom. The van der Waals surface area contributed by atoms with Crippen LogP contribution in [0.1, 0.15) is 52.4 Å². The zero-order valence-corrected chi connectivity index (χ0v) is 26.0. The molecule has 1 aromatic carbocycles. The van der Waals surface area contributed by atoms with Crippen molar-refractivity contribution in [3.63, 3.8) is 0 Å². The fourth-order valence-corrected chi connectivity index (χ4v) is 5.74. The number of oxime groups is 1. The van der Waals surface area contributed by atoms with Crippen LogP contribution in [-0.4, -0.2) is 69.8 Å². The van der Waals surface area contributed by atoms with Gasteiger partial charge in [-0.3, -0.25) is 4.79 Å². The second-order valence-electron chi connectivity index (χ2n) is 10.4. The fraction of sp³-hybridized carbons (Fsp3) is 0.483. The van der Waals surface area contributed by atoms with Crippen LogP contribution < -0.4 is 5.01 Å². The number of aliphatic hydroxyl groups is 1. The van der Waals surface area contributed by atoms with E-state index in [1.807, 2.05) is 6.92 Å². The molecule has 2 heterocycles. The Labute approximate surface area is 264 Å². The average Bonchev–Trinajstić information content (AvgIpc) is 3.33. The van der Waals surface area contributed by atoms with Crippen molar-refractivity contribution in [3.05, 3.63) is 51.2 Å². The molecule has 14 heteroatoms. The lowest BCUT2D eigenvalue weighted by Gasteiger charge is -2.32. The Hall–Kier alpha value is -3.12. The Balaban J connectivity index is 0.000000238. The van der Waals surface area contributed by atoms with Crippen molar-refractivity contribution in [2.45, 2.75) is 57.9 Å². The number of Topliss-reactive ketones (excluding diaryl/α,β-unsaturated/α-hetero) is 1. The van der Waals surface area contributed by atoms with E-state index in [-0.39, 0.29) is 46.9 Å². The maximum absolute atomic E-state index is 12.5. The number of benzene rings is 1. The van der Waals surface area contributed by atoms with Gasteiger partial charge in [0, 0.05) is 43.0 Å². The van der Waals surface area contributed by atoms with Crippen molar-refractivity contribution in [2.24, 2.45) is 22.1 Å². The topological polar surface area (TPSA) is 158 Å². The number of ether oxygens (including phenoxy) is 1. The zero-order chi connectivity index (χ0) is 31.7. The molecule has 1 aromatic rings. The highest BCUT2D eigenvalue weighted by Gasteiger charge is 2.48. The number of hydrazone groups is 1. The van der Waals surface area contributed by atoms with Gasteiger partial charge in [-0.25, -0.2) is 14.6 Å². The Bertz CT molecular complexity index is 1340. The molecule has 11 nitrogen and oxygen atoms in total. The maximum Gasteiger partial charge on any atom is 0.352 e. The predicted molar refractivity (Wildman–Crippen MR) is 164 cm³/mol. The van der Waals surface area contributed by atoms with Crippen LogP contribution >= 0.6 is 34.8 Å². The quantitative estimate of drug-likeness (QED) is 0.159. The molecule has 234 valence electrons. The second-order valence-corrected chi connectivity index (χ2v) is 11.5. The Morgan fingerprint density at radius 2 is 1.91 bits per heavy atom. The minimum absolute atomic E-state index is 0.0395. The lowest BCUT2D eigenvalue weighted by Crippen LogP contribution is -2.47. The van der Waals surface area contributed by atoms with Gasteiger partial charge in [-0.2, -0.15) is 5.10 Å². The molecule has 2 aliphatic heterocycles. The standard InChI is InChI=1S/C17H24ClNO4.C12H10Cl2N2O4/c1-2-14(19-23-7-3-6-18)17-15(20)10-13(11-16(17)21)12-4-8-22-9-5-12;1-12(11(19)20)5-8(10(17)18)15-16(12)9-3-2-6(13)4-7(9)14/h3,6,12-13,20H,2,4-5,7-11H2,1H3;2-4H,5H2,1H3,(H,17,18)(H,19,20)/b6-3+,19-14+;. The van der Waals surface area contributed by atoms with Crippen molar-refractivity contribution in [1.29, 1.82) is 0 Å². The van der Waals surface area contributed by atoms with Crippen molar-refractivity contribution in [3.8, 4) is 0 Å². The molecule has 0 bridgehead atoms. The van der Waals surface area contributed by atoms with Crippen molar-refractivity contribution in [1.82, 2.24) is 0 Å². The predicted octanol–water partition coefficient (Wildman–Crippen LogP) is 6.23. The van der Waals surface area contributed by atoms with E-state index in [1.165, 1.54) is 30.7 Å². The van der Waals surface area contributed by atoms with E-state index in [4.69, 9.17) is 49.5 Å². The van der Waals surface area contributed by atoms with Crippen LogP contribution in [0.2, 0.25) is 10.0 Å². The van der Waals surface area contributed by atoms with Gasteiger partial charge in [-0.05, 0) is 62.3 Å². The van der Waals surface area contributed by atoms with E-state index in [9.17, 15) is 24.6 Å². The summed E-state index contributed by atoms with van der Waals surface area (Å²) in [7, 11) is 0. The molecule has 3 aliphatic rings. The summed E-state index contributed by atoms with van der Waals surface area (Å²) in [6.45, 7) is 5.00.